The monoisotopic (exact) mass is 516 g/mol. The molecule has 8 heteroatoms. The van der Waals surface area contributed by atoms with Crippen LogP contribution in [-0.2, 0) is 9.47 Å². The van der Waals surface area contributed by atoms with Crippen LogP contribution in [0.2, 0.25) is 0 Å². The van der Waals surface area contributed by atoms with E-state index in [0.717, 1.165) is 21.5 Å². The Labute approximate surface area is 220 Å². The molecule has 0 aliphatic rings. The highest BCUT2D eigenvalue weighted by Crippen LogP contribution is 2.39. The van der Waals surface area contributed by atoms with Crippen LogP contribution in [0, 0.1) is 0 Å². The molecular weight excluding hydrogens is 484 g/mol. The second-order valence-electron chi connectivity index (χ2n) is 11.3. The number of hydrogen-bond donors (Lipinski definition) is 0. The summed E-state index contributed by atoms with van der Waals surface area (Å²) < 4.78 is 25.7. The van der Waals surface area contributed by atoms with E-state index in [0.29, 0.717) is 33.6 Å². The summed E-state index contributed by atoms with van der Waals surface area (Å²) in [6.07, 6.45) is -0.981. The number of aromatic nitrogens is 2. The molecule has 38 heavy (non-hydrogen) atoms. The summed E-state index contributed by atoms with van der Waals surface area (Å²) in [6.45, 7) is 11.0. The minimum absolute atomic E-state index is 0.490. The summed E-state index contributed by atoms with van der Waals surface area (Å²) in [6, 6.07) is 14.9. The summed E-state index contributed by atoms with van der Waals surface area (Å²) >= 11 is 0. The fourth-order valence-electron chi connectivity index (χ4n) is 4.75. The van der Waals surface area contributed by atoms with Crippen LogP contribution in [0.4, 0.5) is 9.59 Å². The third-order valence-corrected chi connectivity index (χ3v) is 6.22. The van der Waals surface area contributed by atoms with Gasteiger partial charge in [-0.3, -0.25) is 0 Å². The number of fused-ring (bicyclic) bond motifs is 6. The van der Waals surface area contributed by atoms with Gasteiger partial charge in [-0.25, -0.2) is 18.7 Å². The van der Waals surface area contributed by atoms with E-state index in [-0.39, 0.29) is 0 Å². The molecule has 0 bridgehead atoms. The van der Waals surface area contributed by atoms with Crippen molar-refractivity contribution in [2.24, 2.45) is 0 Å². The second-order valence-corrected chi connectivity index (χ2v) is 11.3. The topological polar surface area (TPSA) is 80.9 Å². The Balaban J connectivity index is 1.92. The number of hydrogen-bond acceptors (Lipinski definition) is 6. The standard InChI is InChI=1S/C30H32N2O6/c1-29(2,3)37-27(33)31-23-11-9-17(35-7)13-19(23)21-16-26-22(15-25(21)31)20-14-18(36-8)10-12-24(20)32(26)28(34)38-30(4,5)6/h9-16H,1-8H3. The molecule has 0 unspecified atom stereocenters. The highest BCUT2D eigenvalue weighted by atomic mass is 16.6. The summed E-state index contributed by atoms with van der Waals surface area (Å²) in [7, 11) is 3.19. The molecule has 198 valence electrons. The fourth-order valence-corrected chi connectivity index (χ4v) is 4.75. The fraction of sp³-hybridized carbons (Fsp3) is 0.333. The van der Waals surface area contributed by atoms with Crippen molar-refractivity contribution in [2.75, 3.05) is 14.2 Å². The zero-order chi connectivity index (χ0) is 27.6. The third-order valence-electron chi connectivity index (χ3n) is 6.22. The lowest BCUT2D eigenvalue weighted by molar-refractivity contribution is 0.0539. The zero-order valence-electron chi connectivity index (χ0n) is 23.0. The largest absolute Gasteiger partial charge is 0.497 e. The quantitative estimate of drug-likeness (QED) is 0.242. The molecule has 0 amide bonds. The van der Waals surface area contributed by atoms with E-state index in [2.05, 4.69) is 0 Å². The molecule has 2 aromatic heterocycles. The molecule has 0 N–H and O–H groups in total. The number of rotatable bonds is 2. The van der Waals surface area contributed by atoms with E-state index in [1.165, 1.54) is 0 Å². The Morgan fingerprint density at radius 2 is 0.895 bits per heavy atom. The number of ether oxygens (including phenoxy) is 4. The molecule has 0 saturated heterocycles. The number of nitrogens with zero attached hydrogens (tertiary/aromatic N) is 2. The smallest absolute Gasteiger partial charge is 0.419 e. The lowest BCUT2D eigenvalue weighted by atomic mass is 10.1. The van der Waals surface area contributed by atoms with Crippen LogP contribution in [0.3, 0.4) is 0 Å². The van der Waals surface area contributed by atoms with Crippen molar-refractivity contribution < 1.29 is 28.5 Å². The minimum atomic E-state index is -0.684. The number of carbonyl (C=O) groups is 2. The van der Waals surface area contributed by atoms with E-state index in [9.17, 15) is 9.59 Å². The summed E-state index contributed by atoms with van der Waals surface area (Å²) in [5.74, 6) is 1.30. The number of carbonyl (C=O) groups excluding carboxylic acids is 2. The van der Waals surface area contributed by atoms with Crippen molar-refractivity contribution in [3.63, 3.8) is 0 Å². The first-order chi connectivity index (χ1) is 17.8. The highest BCUT2D eigenvalue weighted by molar-refractivity contribution is 6.21. The van der Waals surface area contributed by atoms with Crippen molar-refractivity contribution in [3.8, 4) is 11.5 Å². The van der Waals surface area contributed by atoms with E-state index in [1.54, 1.807) is 23.4 Å². The average Bonchev–Trinajstić information content (AvgIpc) is 3.31. The Kier molecular flexibility index (Phi) is 5.82. The zero-order valence-corrected chi connectivity index (χ0v) is 23.0. The summed E-state index contributed by atoms with van der Waals surface area (Å²) in [4.78, 5) is 27.0. The van der Waals surface area contributed by atoms with Gasteiger partial charge in [0, 0.05) is 21.5 Å². The molecule has 0 fully saturated rings. The molecule has 0 aliphatic carbocycles. The maximum atomic E-state index is 13.5. The molecule has 3 aromatic carbocycles. The molecule has 5 aromatic rings. The predicted molar refractivity (Wildman–Crippen MR) is 149 cm³/mol. The molecule has 2 heterocycles. The van der Waals surface area contributed by atoms with Crippen LogP contribution in [0.25, 0.3) is 43.6 Å². The van der Waals surface area contributed by atoms with Crippen LogP contribution in [0.15, 0.2) is 48.5 Å². The van der Waals surface area contributed by atoms with Crippen molar-refractivity contribution in [1.29, 1.82) is 0 Å². The first-order valence-electron chi connectivity index (χ1n) is 12.4. The normalized spacial score (nSPS) is 12.4. The van der Waals surface area contributed by atoms with Gasteiger partial charge in [-0.2, -0.15) is 0 Å². The lowest BCUT2D eigenvalue weighted by Crippen LogP contribution is -2.27. The summed E-state index contributed by atoms with van der Waals surface area (Å²) in [5.41, 5.74) is 1.29. The van der Waals surface area contributed by atoms with Gasteiger partial charge >= 0.3 is 12.2 Å². The molecule has 8 nitrogen and oxygen atoms in total. The Hall–Kier alpha value is -4.20. The Bertz CT molecular complexity index is 1610. The number of methoxy groups -OCH3 is 2. The Morgan fingerprint density at radius 1 is 0.553 bits per heavy atom. The minimum Gasteiger partial charge on any atom is -0.497 e. The first-order valence-corrected chi connectivity index (χ1v) is 12.4. The van der Waals surface area contributed by atoms with E-state index in [1.807, 2.05) is 90.1 Å². The predicted octanol–water partition coefficient (Wildman–Crippen LogP) is 7.49. The summed E-state index contributed by atoms with van der Waals surface area (Å²) in [5, 5.41) is 3.14. The molecule has 0 spiro atoms. The lowest BCUT2D eigenvalue weighted by Gasteiger charge is -2.20. The van der Waals surface area contributed by atoms with Crippen LogP contribution in [-0.4, -0.2) is 46.7 Å². The van der Waals surface area contributed by atoms with Crippen molar-refractivity contribution >= 4 is 55.8 Å². The molecule has 0 aliphatic heterocycles. The molecule has 0 radical (unpaired) electrons. The maximum Gasteiger partial charge on any atom is 0.419 e. The van der Waals surface area contributed by atoms with Gasteiger partial charge in [0.1, 0.15) is 22.7 Å². The van der Waals surface area contributed by atoms with Crippen molar-refractivity contribution in [1.82, 2.24) is 9.13 Å². The number of benzene rings is 3. The van der Waals surface area contributed by atoms with Gasteiger partial charge in [-0.05, 0) is 90.1 Å². The van der Waals surface area contributed by atoms with Gasteiger partial charge in [0.2, 0.25) is 0 Å². The maximum absolute atomic E-state index is 13.5. The van der Waals surface area contributed by atoms with Crippen molar-refractivity contribution in [2.45, 2.75) is 52.7 Å². The van der Waals surface area contributed by atoms with E-state index in [4.69, 9.17) is 18.9 Å². The molecule has 0 atom stereocenters. The molecular formula is C30H32N2O6. The van der Waals surface area contributed by atoms with Gasteiger partial charge in [0.25, 0.3) is 0 Å². The van der Waals surface area contributed by atoms with E-state index < -0.39 is 23.4 Å². The van der Waals surface area contributed by atoms with Gasteiger partial charge in [-0.1, -0.05) is 0 Å². The van der Waals surface area contributed by atoms with Gasteiger partial charge in [0.15, 0.2) is 0 Å². The van der Waals surface area contributed by atoms with Gasteiger partial charge in [0.05, 0.1) is 36.3 Å². The van der Waals surface area contributed by atoms with Gasteiger partial charge < -0.3 is 18.9 Å². The van der Waals surface area contributed by atoms with Crippen molar-refractivity contribution in [3.05, 3.63) is 48.5 Å². The first kappa shape index (κ1) is 25.4. The second kappa shape index (κ2) is 8.68. The van der Waals surface area contributed by atoms with Crippen LogP contribution >= 0.6 is 0 Å². The SMILES string of the molecule is COc1ccc2c(c1)c1cc3c(cc1n2C(=O)OC(C)(C)C)c1cc(OC)ccc1n3C(=O)OC(C)(C)C. The Morgan fingerprint density at radius 3 is 1.21 bits per heavy atom. The van der Waals surface area contributed by atoms with Crippen LogP contribution in [0.1, 0.15) is 41.5 Å². The van der Waals surface area contributed by atoms with E-state index >= 15 is 0 Å². The highest BCUT2D eigenvalue weighted by Gasteiger charge is 2.27. The average molecular weight is 517 g/mol. The molecule has 0 saturated carbocycles. The van der Waals surface area contributed by atoms with Crippen LogP contribution in [0.5, 0.6) is 11.5 Å². The third kappa shape index (κ3) is 4.30. The van der Waals surface area contributed by atoms with Crippen LogP contribution < -0.4 is 9.47 Å². The van der Waals surface area contributed by atoms with Gasteiger partial charge in [-0.15, -0.1) is 0 Å². The molecule has 5 rings (SSSR count).